The lowest BCUT2D eigenvalue weighted by atomic mass is 10.1. The first kappa shape index (κ1) is 14.9. The number of nitrogens with zero attached hydrogens (tertiary/aromatic N) is 2. The maximum Gasteiger partial charge on any atom is 0.273 e. The van der Waals surface area contributed by atoms with Gasteiger partial charge in [0.1, 0.15) is 0 Å². The van der Waals surface area contributed by atoms with E-state index in [1.165, 1.54) is 18.3 Å². The smallest absolute Gasteiger partial charge is 0.267 e. The normalized spacial score (nSPS) is 10.8. The second kappa shape index (κ2) is 6.27. The van der Waals surface area contributed by atoms with E-state index in [2.05, 4.69) is 10.5 Å². The molecule has 21 heavy (non-hydrogen) atoms. The molecule has 2 aromatic rings. The van der Waals surface area contributed by atoms with Crippen molar-refractivity contribution < 1.29 is 9.72 Å². The zero-order valence-electron chi connectivity index (χ0n) is 11.5. The third-order valence-corrected chi connectivity index (χ3v) is 3.72. The summed E-state index contributed by atoms with van der Waals surface area (Å²) in [6.45, 7) is 3.60. The van der Waals surface area contributed by atoms with E-state index in [1.54, 1.807) is 24.3 Å². The highest BCUT2D eigenvalue weighted by atomic mass is 32.1. The molecule has 1 amide bonds. The minimum Gasteiger partial charge on any atom is -0.267 e. The van der Waals surface area contributed by atoms with Crippen molar-refractivity contribution in [1.29, 1.82) is 0 Å². The number of carbonyl (C=O) groups excluding carboxylic acids is 1. The molecule has 0 saturated carbocycles. The SMILES string of the molecule is Cc1ccc(C=NNC(=O)c2ccc(C)c([N+](=O)[O-])c2)s1. The van der Waals surface area contributed by atoms with Crippen molar-refractivity contribution in [3.05, 3.63) is 61.3 Å². The lowest BCUT2D eigenvalue weighted by Gasteiger charge is -2.01. The van der Waals surface area contributed by atoms with Gasteiger partial charge in [-0.25, -0.2) is 5.43 Å². The fourth-order valence-corrected chi connectivity index (χ4v) is 2.44. The molecule has 1 aromatic heterocycles. The van der Waals surface area contributed by atoms with Crippen LogP contribution < -0.4 is 5.43 Å². The minimum atomic E-state index is -0.510. The Bertz CT molecular complexity index is 722. The summed E-state index contributed by atoms with van der Waals surface area (Å²) in [5.41, 5.74) is 2.98. The quantitative estimate of drug-likeness (QED) is 0.535. The molecule has 0 radical (unpaired) electrons. The molecule has 0 spiro atoms. The average Bonchev–Trinajstić information content (AvgIpc) is 2.84. The molecule has 0 aliphatic rings. The van der Waals surface area contributed by atoms with Crippen molar-refractivity contribution in [2.45, 2.75) is 13.8 Å². The summed E-state index contributed by atoms with van der Waals surface area (Å²) in [5.74, 6) is -0.484. The largest absolute Gasteiger partial charge is 0.273 e. The average molecular weight is 303 g/mol. The molecule has 1 aromatic carbocycles. The van der Waals surface area contributed by atoms with Crippen molar-refractivity contribution >= 4 is 29.1 Å². The molecule has 2 rings (SSSR count). The van der Waals surface area contributed by atoms with Gasteiger partial charge in [0.25, 0.3) is 11.6 Å². The van der Waals surface area contributed by atoms with Crippen molar-refractivity contribution in [2.24, 2.45) is 5.10 Å². The van der Waals surface area contributed by atoms with E-state index in [0.717, 1.165) is 9.75 Å². The van der Waals surface area contributed by atoms with Gasteiger partial charge in [0.2, 0.25) is 0 Å². The third-order valence-electron chi connectivity index (χ3n) is 2.79. The highest BCUT2D eigenvalue weighted by Crippen LogP contribution is 2.19. The summed E-state index contributed by atoms with van der Waals surface area (Å²) < 4.78 is 0. The Morgan fingerprint density at radius 1 is 1.33 bits per heavy atom. The van der Waals surface area contributed by atoms with E-state index in [1.807, 2.05) is 19.1 Å². The van der Waals surface area contributed by atoms with Crippen molar-refractivity contribution in [3.63, 3.8) is 0 Å². The van der Waals surface area contributed by atoms with E-state index in [0.29, 0.717) is 5.56 Å². The number of rotatable bonds is 4. The van der Waals surface area contributed by atoms with Gasteiger partial charge in [0.15, 0.2) is 0 Å². The summed E-state index contributed by atoms with van der Waals surface area (Å²) in [4.78, 5) is 24.3. The number of nitrogens with one attached hydrogen (secondary N) is 1. The number of nitro benzene ring substituents is 1. The third kappa shape index (κ3) is 3.73. The number of thiophene rings is 1. The van der Waals surface area contributed by atoms with E-state index in [9.17, 15) is 14.9 Å². The zero-order valence-corrected chi connectivity index (χ0v) is 12.3. The number of carbonyl (C=O) groups is 1. The van der Waals surface area contributed by atoms with Gasteiger partial charge in [-0.2, -0.15) is 5.10 Å². The van der Waals surface area contributed by atoms with Crippen LogP contribution in [0.25, 0.3) is 0 Å². The Labute approximate surface area is 125 Å². The van der Waals surface area contributed by atoms with Crippen molar-refractivity contribution in [3.8, 4) is 0 Å². The standard InChI is InChI=1S/C14H13N3O3S/c1-9-3-5-11(7-13(9)17(19)20)14(18)16-15-8-12-6-4-10(2)21-12/h3-8H,1-2H3,(H,16,18). The maximum absolute atomic E-state index is 11.9. The molecule has 1 heterocycles. The van der Waals surface area contributed by atoms with Crippen LogP contribution in [0.15, 0.2) is 35.4 Å². The Hall–Kier alpha value is -2.54. The molecular formula is C14H13N3O3S. The minimum absolute atomic E-state index is 0.0829. The molecule has 108 valence electrons. The van der Waals surface area contributed by atoms with Crippen LogP contribution in [0.3, 0.4) is 0 Å². The molecule has 0 fully saturated rings. The van der Waals surface area contributed by atoms with Crippen molar-refractivity contribution in [1.82, 2.24) is 5.43 Å². The molecule has 0 saturated heterocycles. The van der Waals surface area contributed by atoms with Gasteiger partial charge in [-0.3, -0.25) is 14.9 Å². The van der Waals surface area contributed by atoms with Gasteiger partial charge in [-0.1, -0.05) is 6.07 Å². The molecule has 7 heteroatoms. The van der Waals surface area contributed by atoms with Crippen LogP contribution in [0.5, 0.6) is 0 Å². The number of amides is 1. The number of aryl methyl sites for hydroxylation is 2. The number of hydrogen-bond donors (Lipinski definition) is 1. The number of benzene rings is 1. The summed E-state index contributed by atoms with van der Waals surface area (Å²) in [6, 6.07) is 8.17. The highest BCUT2D eigenvalue weighted by Gasteiger charge is 2.14. The van der Waals surface area contributed by atoms with Crippen LogP contribution in [0.2, 0.25) is 0 Å². The van der Waals surface area contributed by atoms with Gasteiger partial charge in [0, 0.05) is 26.9 Å². The van der Waals surface area contributed by atoms with Crippen LogP contribution in [-0.2, 0) is 0 Å². The molecule has 0 unspecified atom stereocenters. The fraction of sp³-hybridized carbons (Fsp3) is 0.143. The lowest BCUT2D eigenvalue weighted by molar-refractivity contribution is -0.385. The first-order chi connectivity index (χ1) is 9.97. The Morgan fingerprint density at radius 2 is 2.10 bits per heavy atom. The molecule has 6 nitrogen and oxygen atoms in total. The number of nitro groups is 1. The van der Waals surface area contributed by atoms with Crippen molar-refractivity contribution in [2.75, 3.05) is 0 Å². The molecule has 0 bridgehead atoms. The summed E-state index contributed by atoms with van der Waals surface area (Å²) in [6.07, 6.45) is 1.54. The van der Waals surface area contributed by atoms with Gasteiger partial charge < -0.3 is 0 Å². The molecular weight excluding hydrogens is 290 g/mol. The predicted molar refractivity (Wildman–Crippen MR) is 81.9 cm³/mol. The first-order valence-corrected chi connectivity index (χ1v) is 6.94. The van der Waals surface area contributed by atoms with Gasteiger partial charge >= 0.3 is 0 Å². The number of hydrogen-bond acceptors (Lipinski definition) is 5. The second-order valence-electron chi connectivity index (χ2n) is 4.41. The zero-order chi connectivity index (χ0) is 15.4. The Balaban J connectivity index is 2.08. The lowest BCUT2D eigenvalue weighted by Crippen LogP contribution is -2.17. The fourth-order valence-electron chi connectivity index (χ4n) is 1.69. The summed E-state index contributed by atoms with van der Waals surface area (Å²) in [5, 5.41) is 14.7. The van der Waals surface area contributed by atoms with E-state index >= 15 is 0 Å². The number of hydrazone groups is 1. The van der Waals surface area contributed by atoms with Crippen LogP contribution in [-0.4, -0.2) is 17.0 Å². The highest BCUT2D eigenvalue weighted by molar-refractivity contribution is 7.13. The van der Waals surface area contributed by atoms with Crippen LogP contribution in [0.4, 0.5) is 5.69 Å². The summed E-state index contributed by atoms with van der Waals surface area (Å²) >= 11 is 1.55. The molecule has 0 aliphatic heterocycles. The first-order valence-electron chi connectivity index (χ1n) is 6.12. The Morgan fingerprint density at radius 3 is 2.71 bits per heavy atom. The van der Waals surface area contributed by atoms with E-state index < -0.39 is 10.8 Å². The molecule has 1 N–H and O–H groups in total. The second-order valence-corrected chi connectivity index (χ2v) is 5.73. The van der Waals surface area contributed by atoms with Crippen LogP contribution in [0.1, 0.15) is 25.7 Å². The van der Waals surface area contributed by atoms with Gasteiger partial charge in [-0.15, -0.1) is 11.3 Å². The van der Waals surface area contributed by atoms with Crippen LogP contribution in [0, 0.1) is 24.0 Å². The van der Waals surface area contributed by atoms with Gasteiger partial charge in [0.05, 0.1) is 11.1 Å². The molecule has 0 aliphatic carbocycles. The monoisotopic (exact) mass is 303 g/mol. The van der Waals surface area contributed by atoms with Gasteiger partial charge in [-0.05, 0) is 32.0 Å². The Kier molecular flexibility index (Phi) is 4.44. The predicted octanol–water partition coefficient (Wildman–Crippen LogP) is 3.04. The molecule has 0 atom stereocenters. The summed E-state index contributed by atoms with van der Waals surface area (Å²) in [7, 11) is 0. The van der Waals surface area contributed by atoms with E-state index in [-0.39, 0.29) is 11.3 Å². The topological polar surface area (TPSA) is 84.6 Å². The van der Waals surface area contributed by atoms with Crippen LogP contribution >= 0.6 is 11.3 Å². The maximum atomic E-state index is 11.9. The van der Waals surface area contributed by atoms with E-state index in [4.69, 9.17) is 0 Å².